The minimum atomic E-state index is 0.174. The van der Waals surface area contributed by atoms with Crippen molar-refractivity contribution in [2.45, 2.75) is 13.3 Å². The maximum absolute atomic E-state index is 7.11. The molecule has 0 spiro atoms. The molecule has 0 N–H and O–H groups in total. The van der Waals surface area contributed by atoms with Crippen molar-refractivity contribution < 1.29 is 0 Å². The summed E-state index contributed by atoms with van der Waals surface area (Å²) in [6.07, 6.45) is 0.720. The van der Waals surface area contributed by atoms with Crippen molar-refractivity contribution in [1.29, 1.82) is 0 Å². The highest BCUT2D eigenvalue weighted by Crippen LogP contribution is 2.51. The summed E-state index contributed by atoms with van der Waals surface area (Å²) in [7, 11) is 55.2. The standard InChI is InChI=1S/C45H22B8N2/c1-2-30-54-28-15-5-6-16-29(28)55(30)21-10-7-9-20(19-21)31-34-36(40(48)44(52)42(50)38(34)46)33(37-35(31)39(47)43(51)45(53)41(37)49)27-18-17-26-23-12-4-3-11-22(23)24-13-8-14-25(27)32(24)26/h3-19H,2H2,1H3. The average Bonchev–Trinajstić information content (AvgIpc) is 3.76. The number of hydrogen-bond donors (Lipinski definition) is 0. The predicted octanol–water partition coefficient (Wildman–Crippen LogP) is 2.38. The van der Waals surface area contributed by atoms with E-state index in [0.29, 0.717) is 32.7 Å². The van der Waals surface area contributed by atoms with Gasteiger partial charge >= 0.3 is 0 Å². The lowest BCUT2D eigenvalue weighted by atomic mass is 9.59. The SMILES string of the molecule is [B]c1c([B])c([B])c2c(-c3ccc4c5c(cccc35)-c3ccccc3-4)c3c([B])c([B])c([B])c([B])c3c(-c3cccc(-n4c(CC)nc5ccccc54)c3)c2c1[B]. The lowest BCUT2D eigenvalue weighted by Gasteiger charge is -2.29. The van der Waals surface area contributed by atoms with E-state index in [9.17, 15) is 0 Å². The van der Waals surface area contributed by atoms with Crippen molar-refractivity contribution in [1.82, 2.24) is 9.55 Å². The fraction of sp³-hybridized carbons (Fsp3) is 0.0444. The molecule has 2 nitrogen and oxygen atoms in total. The molecule has 0 unspecified atom stereocenters. The van der Waals surface area contributed by atoms with Crippen LogP contribution in [0.4, 0.5) is 0 Å². The number of hydrogen-bond acceptors (Lipinski definition) is 1. The number of nitrogens with zero attached hydrogens (tertiary/aromatic N) is 2. The number of imidazole rings is 1. The summed E-state index contributed by atoms with van der Waals surface area (Å²) in [5.74, 6) is 0.916. The van der Waals surface area contributed by atoms with E-state index in [4.69, 9.17) is 67.8 Å². The van der Waals surface area contributed by atoms with Gasteiger partial charge < -0.3 is 0 Å². The second kappa shape index (κ2) is 12.3. The van der Waals surface area contributed by atoms with Crippen LogP contribution < -0.4 is 43.7 Å². The number of fused-ring (bicyclic) bond motifs is 6. The molecule has 0 saturated heterocycles. The Hall–Kier alpha value is -5.47. The van der Waals surface area contributed by atoms with E-state index in [-0.39, 0.29) is 43.7 Å². The van der Waals surface area contributed by atoms with E-state index in [2.05, 4.69) is 84.3 Å². The van der Waals surface area contributed by atoms with E-state index in [1.807, 2.05) is 30.3 Å². The highest BCUT2D eigenvalue weighted by molar-refractivity contribution is 6.71. The first-order chi connectivity index (χ1) is 26.6. The summed E-state index contributed by atoms with van der Waals surface area (Å²) in [5, 5.41) is 4.44. The molecule has 0 bridgehead atoms. The maximum Gasteiger partial charge on any atom is 0.114 e. The molecule has 1 aromatic heterocycles. The number of benzene rings is 8. The van der Waals surface area contributed by atoms with Gasteiger partial charge in [-0.2, -0.15) is 0 Å². The second-order valence-electron chi connectivity index (χ2n) is 14.2. The van der Waals surface area contributed by atoms with Crippen molar-refractivity contribution in [3.05, 3.63) is 109 Å². The van der Waals surface area contributed by atoms with Gasteiger partial charge in [0.25, 0.3) is 0 Å². The molecule has 10 heteroatoms. The van der Waals surface area contributed by atoms with Crippen LogP contribution in [0.5, 0.6) is 0 Å². The van der Waals surface area contributed by atoms with Crippen LogP contribution >= 0.6 is 0 Å². The van der Waals surface area contributed by atoms with Crippen LogP contribution in [0.25, 0.3) is 93.5 Å². The third-order valence-electron chi connectivity index (χ3n) is 11.5. The Bertz CT molecular complexity index is 3070. The molecule has 10 rings (SSSR count). The minimum absolute atomic E-state index is 0.174. The molecule has 55 heavy (non-hydrogen) atoms. The van der Waals surface area contributed by atoms with Crippen molar-refractivity contribution in [3.63, 3.8) is 0 Å². The minimum Gasteiger partial charge on any atom is -0.296 e. The second-order valence-corrected chi connectivity index (χ2v) is 14.2. The van der Waals surface area contributed by atoms with Crippen LogP contribution in [-0.4, -0.2) is 72.3 Å². The van der Waals surface area contributed by atoms with Crippen LogP contribution in [0, 0.1) is 0 Å². The zero-order valence-corrected chi connectivity index (χ0v) is 30.0. The number of aromatic nitrogens is 2. The van der Waals surface area contributed by atoms with E-state index in [0.717, 1.165) is 62.0 Å². The number of aryl methyl sites for hydroxylation is 1. The summed E-state index contributed by atoms with van der Waals surface area (Å²) < 4.78 is 2.16. The Morgan fingerprint density at radius 1 is 0.455 bits per heavy atom. The predicted molar refractivity (Wildman–Crippen MR) is 241 cm³/mol. The molecule has 236 valence electrons. The number of para-hydroxylation sites is 2. The molecule has 1 aliphatic carbocycles. The normalized spacial score (nSPS) is 12.0. The van der Waals surface area contributed by atoms with Crippen molar-refractivity contribution in [3.8, 4) is 50.2 Å². The van der Waals surface area contributed by atoms with Crippen molar-refractivity contribution in [2.75, 3.05) is 0 Å². The van der Waals surface area contributed by atoms with Crippen LogP contribution in [0.15, 0.2) is 103 Å². The molecule has 16 radical (unpaired) electrons. The fourth-order valence-electron chi connectivity index (χ4n) is 8.93. The Morgan fingerprint density at radius 3 is 1.58 bits per heavy atom. The van der Waals surface area contributed by atoms with Crippen molar-refractivity contribution >= 4 is 150 Å². The Labute approximate surface area is 330 Å². The van der Waals surface area contributed by atoms with Crippen LogP contribution in [-0.2, 0) is 6.42 Å². The largest absolute Gasteiger partial charge is 0.296 e. The molecular formula is C45H22B8N2. The summed E-state index contributed by atoms with van der Waals surface area (Å²) >= 11 is 0. The van der Waals surface area contributed by atoms with E-state index < -0.39 is 0 Å². The molecule has 0 aliphatic heterocycles. The highest BCUT2D eigenvalue weighted by Gasteiger charge is 2.28. The van der Waals surface area contributed by atoms with Crippen molar-refractivity contribution in [2.24, 2.45) is 0 Å². The molecule has 0 atom stereocenters. The molecule has 9 aromatic rings. The third kappa shape index (κ3) is 4.58. The first-order valence-corrected chi connectivity index (χ1v) is 18.1. The molecular weight excluding hydrogens is 655 g/mol. The summed E-state index contributed by atoms with van der Waals surface area (Å²) in [6, 6.07) is 35.2. The van der Waals surface area contributed by atoms with Gasteiger partial charge in [0.1, 0.15) is 68.6 Å². The van der Waals surface area contributed by atoms with Gasteiger partial charge in [0.15, 0.2) is 0 Å². The van der Waals surface area contributed by atoms with Crippen LogP contribution in [0.3, 0.4) is 0 Å². The zero-order valence-electron chi connectivity index (χ0n) is 30.0. The highest BCUT2D eigenvalue weighted by atomic mass is 15.1. The Morgan fingerprint density at radius 2 is 0.964 bits per heavy atom. The number of rotatable bonds is 4. The van der Waals surface area contributed by atoms with E-state index in [1.54, 1.807) is 0 Å². The summed E-state index contributed by atoms with van der Waals surface area (Å²) in [6.45, 7) is 2.09. The first kappa shape index (κ1) is 34.1. The lowest BCUT2D eigenvalue weighted by Crippen LogP contribution is -2.50. The molecule has 8 aromatic carbocycles. The molecule has 0 saturated carbocycles. The summed E-state index contributed by atoms with van der Waals surface area (Å²) in [5.41, 5.74) is 12.1. The van der Waals surface area contributed by atoms with Gasteiger partial charge in [-0.25, -0.2) is 4.98 Å². The lowest BCUT2D eigenvalue weighted by molar-refractivity contribution is 0.908. The topological polar surface area (TPSA) is 17.8 Å². The smallest absolute Gasteiger partial charge is 0.114 e. The third-order valence-corrected chi connectivity index (χ3v) is 11.5. The zero-order chi connectivity index (χ0) is 38.0. The van der Waals surface area contributed by atoms with Gasteiger partial charge in [0.05, 0.1) is 11.0 Å². The molecule has 0 amide bonds. The van der Waals surface area contributed by atoms with Gasteiger partial charge in [-0.1, -0.05) is 108 Å². The van der Waals surface area contributed by atoms with Gasteiger partial charge in [0, 0.05) is 12.1 Å². The quantitative estimate of drug-likeness (QED) is 0.207. The fourth-order valence-corrected chi connectivity index (χ4v) is 8.93. The van der Waals surface area contributed by atoms with Crippen LogP contribution in [0.1, 0.15) is 12.7 Å². The maximum atomic E-state index is 7.11. The molecule has 1 aliphatic rings. The summed E-state index contributed by atoms with van der Waals surface area (Å²) in [4.78, 5) is 4.93. The van der Waals surface area contributed by atoms with Gasteiger partial charge in [-0.15, -0.1) is 21.9 Å². The van der Waals surface area contributed by atoms with Gasteiger partial charge in [-0.05, 0) is 101 Å². The molecule has 0 fully saturated rings. The average molecular weight is 677 g/mol. The van der Waals surface area contributed by atoms with Gasteiger partial charge in [0.2, 0.25) is 0 Å². The van der Waals surface area contributed by atoms with E-state index in [1.165, 1.54) is 11.1 Å². The Kier molecular flexibility index (Phi) is 7.60. The van der Waals surface area contributed by atoms with Crippen LogP contribution in [0.2, 0.25) is 0 Å². The Balaban J connectivity index is 1.41. The monoisotopic (exact) mass is 678 g/mol. The van der Waals surface area contributed by atoms with E-state index >= 15 is 0 Å². The first-order valence-electron chi connectivity index (χ1n) is 18.1. The van der Waals surface area contributed by atoms with Gasteiger partial charge in [-0.3, -0.25) is 4.57 Å². The molecule has 1 heterocycles.